The predicted molar refractivity (Wildman–Crippen MR) is 82.8 cm³/mol. The van der Waals surface area contributed by atoms with Crippen molar-refractivity contribution in [1.82, 2.24) is 5.32 Å². The summed E-state index contributed by atoms with van der Waals surface area (Å²) in [5, 5.41) is 3.27. The van der Waals surface area contributed by atoms with Gasteiger partial charge in [-0.05, 0) is 25.6 Å². The third-order valence-corrected chi connectivity index (χ3v) is 3.23. The summed E-state index contributed by atoms with van der Waals surface area (Å²) in [6.07, 6.45) is 1.82. The minimum absolute atomic E-state index is 0.0361. The molecule has 0 spiro atoms. The van der Waals surface area contributed by atoms with Crippen LogP contribution >= 0.6 is 0 Å². The molecule has 20 heavy (non-hydrogen) atoms. The van der Waals surface area contributed by atoms with Gasteiger partial charge in [0.05, 0.1) is 6.61 Å². The quantitative estimate of drug-likeness (QED) is 0.703. The number of ether oxygens (including phenoxy) is 1. The Hall–Kier alpha value is -1.39. The zero-order chi connectivity index (χ0) is 15.0. The summed E-state index contributed by atoms with van der Waals surface area (Å²) in [7, 11) is 1.67. The lowest BCUT2D eigenvalue weighted by atomic mass is 10.0. The minimum Gasteiger partial charge on any atom is -0.383 e. The molecule has 0 aliphatic carbocycles. The third kappa shape index (κ3) is 4.32. The molecule has 1 rings (SSSR count). The zero-order valence-corrected chi connectivity index (χ0v) is 12.7. The van der Waals surface area contributed by atoms with Crippen molar-refractivity contribution in [2.45, 2.75) is 19.9 Å². The Bertz CT molecular complexity index is 423. The van der Waals surface area contributed by atoms with Crippen molar-refractivity contribution in [3.63, 3.8) is 0 Å². The Labute approximate surface area is 121 Å². The Balaban J connectivity index is 3.12. The molecule has 0 saturated heterocycles. The lowest BCUT2D eigenvalue weighted by Crippen LogP contribution is -2.30. The van der Waals surface area contributed by atoms with Crippen LogP contribution in [0.4, 0.5) is 10.1 Å². The van der Waals surface area contributed by atoms with Crippen molar-refractivity contribution in [2.24, 2.45) is 0 Å². The number of methoxy groups -OCH3 is 1. The fraction of sp³-hybridized carbons (Fsp3) is 0.500. The van der Waals surface area contributed by atoms with Crippen LogP contribution in [0.3, 0.4) is 0 Å². The monoisotopic (exact) mass is 280 g/mol. The van der Waals surface area contributed by atoms with E-state index in [1.807, 2.05) is 26.0 Å². The largest absolute Gasteiger partial charge is 0.383 e. The number of hydrogen-bond donors (Lipinski definition) is 1. The van der Waals surface area contributed by atoms with Gasteiger partial charge in [-0.3, -0.25) is 0 Å². The standard InChI is InChI=1S/C16H25FN2O/c1-5-10-19(11-12-20-4)15-9-7-8-14(17)16(15)13(3)18-6-2/h5,7-9,13,18H,1,6,10-12H2,2-4H3. The second-order valence-electron chi connectivity index (χ2n) is 4.68. The highest BCUT2D eigenvalue weighted by Gasteiger charge is 2.18. The SMILES string of the molecule is C=CCN(CCOC)c1cccc(F)c1C(C)NCC. The molecule has 0 aliphatic rings. The molecule has 3 nitrogen and oxygen atoms in total. The first kappa shape index (κ1) is 16.7. The first-order valence-corrected chi connectivity index (χ1v) is 7.02. The first-order chi connectivity index (χ1) is 9.65. The van der Waals surface area contributed by atoms with Crippen molar-refractivity contribution in [3.05, 3.63) is 42.2 Å². The summed E-state index contributed by atoms with van der Waals surface area (Å²) >= 11 is 0. The molecular formula is C16H25FN2O. The molecule has 0 aromatic heterocycles. The van der Waals surface area contributed by atoms with Crippen LogP contribution in [0.15, 0.2) is 30.9 Å². The second kappa shape index (κ2) is 8.72. The van der Waals surface area contributed by atoms with Crippen molar-refractivity contribution in [3.8, 4) is 0 Å². The van der Waals surface area contributed by atoms with Gasteiger partial charge in [0, 0.05) is 37.5 Å². The van der Waals surface area contributed by atoms with Gasteiger partial charge in [0.25, 0.3) is 0 Å². The smallest absolute Gasteiger partial charge is 0.130 e. The number of hydrogen-bond acceptors (Lipinski definition) is 3. The van der Waals surface area contributed by atoms with Crippen LogP contribution in [-0.2, 0) is 4.74 Å². The number of anilines is 1. The molecule has 1 N–H and O–H groups in total. The number of rotatable bonds is 9. The van der Waals surface area contributed by atoms with Gasteiger partial charge >= 0.3 is 0 Å². The second-order valence-corrected chi connectivity index (χ2v) is 4.68. The summed E-state index contributed by atoms with van der Waals surface area (Å²) in [4.78, 5) is 2.09. The number of benzene rings is 1. The van der Waals surface area contributed by atoms with Gasteiger partial charge in [0.1, 0.15) is 5.82 Å². The Morgan fingerprint density at radius 2 is 2.25 bits per heavy atom. The Morgan fingerprint density at radius 1 is 1.50 bits per heavy atom. The maximum absolute atomic E-state index is 14.2. The van der Waals surface area contributed by atoms with Crippen LogP contribution in [0, 0.1) is 5.82 Å². The van der Waals surface area contributed by atoms with E-state index in [0.29, 0.717) is 25.3 Å². The average molecular weight is 280 g/mol. The van der Waals surface area contributed by atoms with E-state index < -0.39 is 0 Å². The molecule has 0 saturated carbocycles. The highest BCUT2D eigenvalue weighted by Crippen LogP contribution is 2.29. The van der Waals surface area contributed by atoms with E-state index in [-0.39, 0.29) is 11.9 Å². The van der Waals surface area contributed by atoms with Gasteiger partial charge in [0.15, 0.2) is 0 Å². The van der Waals surface area contributed by atoms with Gasteiger partial charge in [-0.2, -0.15) is 0 Å². The summed E-state index contributed by atoms with van der Waals surface area (Å²) in [6, 6.07) is 5.17. The molecule has 1 unspecified atom stereocenters. The highest BCUT2D eigenvalue weighted by atomic mass is 19.1. The molecule has 0 radical (unpaired) electrons. The normalized spacial score (nSPS) is 12.2. The summed E-state index contributed by atoms with van der Waals surface area (Å²) in [5.74, 6) is -0.178. The molecule has 0 aliphatic heterocycles. The summed E-state index contributed by atoms with van der Waals surface area (Å²) in [5.41, 5.74) is 1.60. The molecule has 4 heteroatoms. The van der Waals surface area contributed by atoms with Crippen molar-refractivity contribution in [2.75, 3.05) is 38.3 Å². The van der Waals surface area contributed by atoms with Crippen LogP contribution in [0.1, 0.15) is 25.5 Å². The van der Waals surface area contributed by atoms with Gasteiger partial charge < -0.3 is 15.0 Å². The number of nitrogens with zero attached hydrogens (tertiary/aromatic N) is 1. The molecule has 1 atom stereocenters. The molecule has 0 amide bonds. The minimum atomic E-state index is -0.178. The van der Waals surface area contributed by atoms with E-state index in [1.165, 1.54) is 6.07 Å². The average Bonchev–Trinajstić information content (AvgIpc) is 2.43. The first-order valence-electron chi connectivity index (χ1n) is 7.02. The van der Waals surface area contributed by atoms with Gasteiger partial charge in [-0.1, -0.05) is 19.1 Å². The van der Waals surface area contributed by atoms with Crippen LogP contribution in [0.5, 0.6) is 0 Å². The van der Waals surface area contributed by atoms with E-state index in [4.69, 9.17) is 4.74 Å². The molecule has 0 heterocycles. The van der Waals surface area contributed by atoms with E-state index in [1.54, 1.807) is 13.2 Å². The fourth-order valence-corrected chi connectivity index (χ4v) is 2.31. The van der Waals surface area contributed by atoms with Crippen molar-refractivity contribution >= 4 is 5.69 Å². The van der Waals surface area contributed by atoms with Crippen molar-refractivity contribution in [1.29, 1.82) is 0 Å². The number of halogens is 1. The fourth-order valence-electron chi connectivity index (χ4n) is 2.31. The molecule has 1 aromatic rings. The molecule has 0 bridgehead atoms. The van der Waals surface area contributed by atoms with Gasteiger partial charge in [-0.15, -0.1) is 6.58 Å². The maximum atomic E-state index is 14.2. The van der Waals surface area contributed by atoms with Crippen LogP contribution < -0.4 is 10.2 Å². The van der Waals surface area contributed by atoms with Crippen LogP contribution in [0.2, 0.25) is 0 Å². The molecule has 0 fully saturated rings. The van der Waals surface area contributed by atoms with Gasteiger partial charge in [-0.25, -0.2) is 4.39 Å². The predicted octanol–water partition coefficient (Wildman–Crippen LogP) is 3.14. The highest BCUT2D eigenvalue weighted by molar-refractivity contribution is 5.56. The lowest BCUT2D eigenvalue weighted by molar-refractivity contribution is 0.205. The Kier molecular flexibility index (Phi) is 7.26. The molecular weight excluding hydrogens is 255 g/mol. The van der Waals surface area contributed by atoms with Crippen LogP contribution in [0.25, 0.3) is 0 Å². The van der Waals surface area contributed by atoms with E-state index >= 15 is 0 Å². The number of nitrogens with one attached hydrogen (secondary N) is 1. The van der Waals surface area contributed by atoms with Gasteiger partial charge in [0.2, 0.25) is 0 Å². The van der Waals surface area contributed by atoms with E-state index in [0.717, 1.165) is 12.2 Å². The van der Waals surface area contributed by atoms with Crippen molar-refractivity contribution < 1.29 is 9.13 Å². The maximum Gasteiger partial charge on any atom is 0.130 e. The summed E-state index contributed by atoms with van der Waals surface area (Å²) in [6.45, 7) is 10.5. The zero-order valence-electron chi connectivity index (χ0n) is 12.7. The molecule has 112 valence electrons. The lowest BCUT2D eigenvalue weighted by Gasteiger charge is -2.28. The van der Waals surface area contributed by atoms with Crippen LogP contribution in [-0.4, -0.2) is 33.4 Å². The topological polar surface area (TPSA) is 24.5 Å². The Morgan fingerprint density at radius 3 is 2.85 bits per heavy atom. The molecule has 1 aromatic carbocycles. The van der Waals surface area contributed by atoms with E-state index in [9.17, 15) is 4.39 Å². The third-order valence-electron chi connectivity index (χ3n) is 3.23. The summed E-state index contributed by atoms with van der Waals surface area (Å²) < 4.78 is 19.4. The van der Waals surface area contributed by atoms with E-state index in [2.05, 4.69) is 16.8 Å².